The van der Waals surface area contributed by atoms with Gasteiger partial charge in [-0.05, 0) is 59.5 Å². The molecule has 40 heavy (non-hydrogen) atoms. The van der Waals surface area contributed by atoms with E-state index in [2.05, 4.69) is 9.80 Å². The zero-order valence-corrected chi connectivity index (χ0v) is 25.3. The third-order valence-corrected chi connectivity index (χ3v) is 7.78. The van der Waals surface area contributed by atoms with Crippen molar-refractivity contribution < 1.29 is 28.4 Å². The van der Waals surface area contributed by atoms with Gasteiger partial charge in [0.2, 0.25) is 11.5 Å². The summed E-state index contributed by atoms with van der Waals surface area (Å²) >= 11 is 12.8. The Morgan fingerprint density at radius 2 is 1.02 bits per heavy atom. The first-order chi connectivity index (χ1) is 19.4. The summed E-state index contributed by atoms with van der Waals surface area (Å²) in [5, 5.41) is 1.04. The van der Waals surface area contributed by atoms with Crippen LogP contribution in [0.3, 0.4) is 0 Å². The molecule has 0 unspecified atom stereocenters. The number of rotatable bonds is 11. The molecule has 0 amide bonds. The topological polar surface area (TPSA) is 61.9 Å². The van der Waals surface area contributed by atoms with Crippen molar-refractivity contribution in [2.24, 2.45) is 0 Å². The number of benzene rings is 3. The predicted octanol–water partition coefficient (Wildman–Crippen LogP) is 6.45. The number of nitrogens with zero attached hydrogens (tertiary/aromatic N) is 2. The van der Waals surface area contributed by atoms with Crippen LogP contribution in [0.15, 0.2) is 42.5 Å². The van der Waals surface area contributed by atoms with Crippen LogP contribution in [0.5, 0.6) is 34.5 Å². The van der Waals surface area contributed by atoms with Gasteiger partial charge < -0.3 is 28.4 Å². The second-order valence-corrected chi connectivity index (χ2v) is 10.2. The fourth-order valence-corrected chi connectivity index (χ4v) is 5.61. The molecule has 4 rings (SSSR count). The van der Waals surface area contributed by atoms with Gasteiger partial charge in [0.05, 0.1) is 58.9 Å². The molecule has 0 radical (unpaired) electrons. The Bertz CT molecular complexity index is 1200. The maximum atomic E-state index is 6.51. The van der Waals surface area contributed by atoms with Crippen molar-refractivity contribution in [3.63, 3.8) is 0 Å². The molecule has 0 aromatic heterocycles. The Morgan fingerprint density at radius 1 is 0.600 bits per heavy atom. The fraction of sp³-hybridized carbons (Fsp3) is 0.400. The number of halogens is 2. The van der Waals surface area contributed by atoms with Crippen molar-refractivity contribution in [2.75, 3.05) is 55.7 Å². The summed E-state index contributed by atoms with van der Waals surface area (Å²) < 4.78 is 33.5. The molecule has 0 spiro atoms. The molecular weight excluding hydrogens is 555 g/mol. The van der Waals surface area contributed by atoms with Gasteiger partial charge in [-0.3, -0.25) is 9.80 Å². The highest BCUT2D eigenvalue weighted by molar-refractivity contribution is 6.42. The molecular formula is C30H36Cl2N2O6. The van der Waals surface area contributed by atoms with Gasteiger partial charge in [0.25, 0.3) is 0 Å². The zero-order chi connectivity index (χ0) is 28.8. The first-order valence-electron chi connectivity index (χ1n) is 12.9. The molecule has 0 bridgehead atoms. The molecule has 0 N–H and O–H groups in total. The largest absolute Gasteiger partial charge is 0.493 e. The average Bonchev–Trinajstić information content (AvgIpc) is 2.97. The molecule has 10 heteroatoms. The molecule has 1 heterocycles. The Balaban J connectivity index is 1.74. The van der Waals surface area contributed by atoms with E-state index in [1.807, 2.05) is 42.5 Å². The van der Waals surface area contributed by atoms with Gasteiger partial charge in [-0.1, -0.05) is 29.3 Å². The van der Waals surface area contributed by atoms with E-state index >= 15 is 0 Å². The maximum Gasteiger partial charge on any atom is 0.203 e. The molecule has 0 saturated carbocycles. The monoisotopic (exact) mass is 590 g/mol. The molecule has 0 aliphatic carbocycles. The van der Waals surface area contributed by atoms with Gasteiger partial charge in [0.15, 0.2) is 23.0 Å². The van der Waals surface area contributed by atoms with Gasteiger partial charge in [-0.2, -0.15) is 0 Å². The SMILES string of the molecule is COc1cc(CN2CCCN(Cc3cc(OC)c(OC)c(OC)c3)C2c2ccc(Cl)c(Cl)c2)cc(OC)c1OC. The number of ether oxygens (including phenoxy) is 6. The molecule has 8 nitrogen and oxygen atoms in total. The van der Waals surface area contributed by atoms with E-state index in [4.69, 9.17) is 51.6 Å². The number of hydrogen-bond acceptors (Lipinski definition) is 8. The van der Waals surface area contributed by atoms with Crippen molar-refractivity contribution in [2.45, 2.75) is 25.7 Å². The number of hydrogen-bond donors (Lipinski definition) is 0. The summed E-state index contributed by atoms with van der Waals surface area (Å²) in [6.45, 7) is 3.06. The lowest BCUT2D eigenvalue weighted by atomic mass is 10.0. The van der Waals surface area contributed by atoms with Gasteiger partial charge >= 0.3 is 0 Å². The smallest absolute Gasteiger partial charge is 0.203 e. The normalized spacial score (nSPS) is 14.6. The third-order valence-electron chi connectivity index (χ3n) is 7.04. The summed E-state index contributed by atoms with van der Waals surface area (Å²) in [4.78, 5) is 4.84. The van der Waals surface area contributed by atoms with Gasteiger partial charge in [-0.25, -0.2) is 0 Å². The first kappa shape index (κ1) is 29.9. The van der Waals surface area contributed by atoms with Gasteiger partial charge in [0, 0.05) is 26.2 Å². The van der Waals surface area contributed by atoms with Crippen LogP contribution < -0.4 is 28.4 Å². The predicted molar refractivity (Wildman–Crippen MR) is 157 cm³/mol. The Kier molecular flexibility index (Phi) is 10.1. The number of methoxy groups -OCH3 is 6. The summed E-state index contributed by atoms with van der Waals surface area (Å²) in [7, 11) is 9.70. The van der Waals surface area contributed by atoms with E-state index in [9.17, 15) is 0 Å². The minimum atomic E-state index is -0.0818. The highest BCUT2D eigenvalue weighted by Crippen LogP contribution is 2.42. The fourth-order valence-electron chi connectivity index (χ4n) is 5.30. The second kappa shape index (κ2) is 13.5. The van der Waals surface area contributed by atoms with E-state index in [-0.39, 0.29) is 6.17 Å². The average molecular weight is 592 g/mol. The lowest BCUT2D eigenvalue weighted by Crippen LogP contribution is -2.46. The Morgan fingerprint density at radius 3 is 1.38 bits per heavy atom. The van der Waals surface area contributed by atoms with Crippen molar-refractivity contribution in [3.8, 4) is 34.5 Å². The Hall–Kier alpha value is -3.04. The molecule has 1 aliphatic rings. The van der Waals surface area contributed by atoms with Gasteiger partial charge in [-0.15, -0.1) is 0 Å². The molecule has 3 aromatic carbocycles. The van der Waals surface area contributed by atoms with E-state index in [1.54, 1.807) is 42.7 Å². The van der Waals surface area contributed by atoms with Crippen molar-refractivity contribution in [1.82, 2.24) is 9.80 Å². The lowest BCUT2D eigenvalue weighted by molar-refractivity contribution is -0.00920. The quantitative estimate of drug-likeness (QED) is 0.252. The lowest BCUT2D eigenvalue weighted by Gasteiger charge is -2.44. The van der Waals surface area contributed by atoms with Crippen molar-refractivity contribution >= 4 is 23.2 Å². The minimum absolute atomic E-state index is 0.0818. The van der Waals surface area contributed by atoms with E-state index in [1.165, 1.54) is 0 Å². The summed E-state index contributed by atoms with van der Waals surface area (Å²) in [6.07, 6.45) is 0.897. The van der Waals surface area contributed by atoms with E-state index in [0.29, 0.717) is 57.6 Å². The minimum Gasteiger partial charge on any atom is -0.493 e. The van der Waals surface area contributed by atoms with Crippen LogP contribution in [0.25, 0.3) is 0 Å². The maximum absolute atomic E-state index is 6.51. The standard InChI is InChI=1S/C30H36Cl2N2O6/c1-35-24-12-19(13-25(36-2)28(24)39-5)17-33-10-7-11-34(30(33)21-8-9-22(31)23(32)16-21)18-20-14-26(37-3)29(40-6)27(15-20)38-4/h8-9,12-16,30H,7,10-11,17-18H2,1-6H3. The van der Waals surface area contributed by atoms with Crippen LogP contribution in [-0.2, 0) is 13.1 Å². The van der Waals surface area contributed by atoms with Crippen LogP contribution in [0, 0.1) is 0 Å². The molecule has 1 aliphatic heterocycles. The summed E-state index contributed by atoms with van der Waals surface area (Å²) in [6, 6.07) is 13.8. The summed E-state index contributed by atoms with van der Waals surface area (Å²) in [5.74, 6) is 3.61. The van der Waals surface area contributed by atoms with E-state index in [0.717, 1.165) is 36.2 Å². The first-order valence-corrected chi connectivity index (χ1v) is 13.6. The molecule has 1 saturated heterocycles. The highest BCUT2D eigenvalue weighted by Gasteiger charge is 2.32. The summed E-state index contributed by atoms with van der Waals surface area (Å²) in [5.41, 5.74) is 3.12. The highest BCUT2D eigenvalue weighted by atomic mass is 35.5. The second-order valence-electron chi connectivity index (χ2n) is 9.41. The zero-order valence-electron chi connectivity index (χ0n) is 23.8. The van der Waals surface area contributed by atoms with Crippen molar-refractivity contribution in [1.29, 1.82) is 0 Å². The van der Waals surface area contributed by atoms with Crippen LogP contribution in [0.4, 0.5) is 0 Å². The molecule has 3 aromatic rings. The molecule has 216 valence electrons. The van der Waals surface area contributed by atoms with Crippen LogP contribution in [0.1, 0.15) is 29.3 Å². The van der Waals surface area contributed by atoms with Crippen LogP contribution in [0.2, 0.25) is 10.0 Å². The van der Waals surface area contributed by atoms with Crippen molar-refractivity contribution in [3.05, 3.63) is 69.2 Å². The Labute approximate surface area is 246 Å². The van der Waals surface area contributed by atoms with Crippen LogP contribution in [-0.4, -0.2) is 65.5 Å². The molecule has 1 fully saturated rings. The van der Waals surface area contributed by atoms with E-state index < -0.39 is 0 Å². The third kappa shape index (κ3) is 6.31. The van der Waals surface area contributed by atoms with Gasteiger partial charge in [0.1, 0.15) is 0 Å². The van der Waals surface area contributed by atoms with Crippen LogP contribution >= 0.6 is 23.2 Å². The molecule has 0 atom stereocenters.